The van der Waals surface area contributed by atoms with Gasteiger partial charge in [0.05, 0.1) is 12.8 Å². The number of aliphatic hydroxyl groups is 1. The van der Waals surface area contributed by atoms with E-state index in [9.17, 15) is 9.50 Å². The molecule has 0 aromatic carbocycles. The molecule has 4 nitrogen and oxygen atoms in total. The Morgan fingerprint density at radius 1 is 1.29 bits per heavy atom. The normalized spacial score (nSPS) is 16.6. The van der Waals surface area contributed by atoms with Crippen LogP contribution in [0.25, 0.3) is 0 Å². The van der Waals surface area contributed by atoms with Crippen molar-refractivity contribution >= 4 is 6.21 Å². The summed E-state index contributed by atoms with van der Waals surface area (Å²) < 4.78 is 14.5. The van der Waals surface area contributed by atoms with Gasteiger partial charge in [-0.2, -0.15) is 0 Å². The van der Waals surface area contributed by atoms with Crippen LogP contribution in [0.4, 0.5) is 4.39 Å². The fraction of sp³-hybridized carbons (Fsp3) is 0.500. The number of aliphatic imine (C=N–C) groups is 1. The number of rotatable bonds is 13. The van der Waals surface area contributed by atoms with Crippen molar-refractivity contribution < 1.29 is 9.50 Å². The molecule has 3 N–H and O–H groups in total. The third kappa shape index (κ3) is 10.3. The highest BCUT2D eigenvalue weighted by atomic mass is 19.1. The molecule has 0 aliphatic rings. The van der Waals surface area contributed by atoms with Gasteiger partial charge in [0.1, 0.15) is 5.67 Å². The molecule has 0 aliphatic carbocycles. The first kappa shape index (κ1) is 28.4. The SMILES string of the molecule is C=C(NC)C(=C/NCC(/C=N\CC(C)(F)C(C)C)=C/C(C)=C/O)/C(/C=C\C)=C(/C)CC. The number of nitrogens with zero attached hydrogens (tertiary/aromatic N) is 1. The summed E-state index contributed by atoms with van der Waals surface area (Å²) in [5, 5.41) is 15.7. The summed E-state index contributed by atoms with van der Waals surface area (Å²) in [5.41, 5.74) is 4.32. The topological polar surface area (TPSA) is 56.7 Å². The van der Waals surface area contributed by atoms with Gasteiger partial charge >= 0.3 is 0 Å². The van der Waals surface area contributed by atoms with Gasteiger partial charge in [-0.15, -0.1) is 0 Å². The second-order valence-corrected chi connectivity index (χ2v) is 8.21. The molecule has 0 radical (unpaired) electrons. The molecule has 174 valence electrons. The van der Waals surface area contributed by atoms with E-state index in [0.717, 1.165) is 35.1 Å². The van der Waals surface area contributed by atoms with Gasteiger partial charge in [-0.25, -0.2) is 4.39 Å². The van der Waals surface area contributed by atoms with Gasteiger partial charge in [-0.05, 0) is 62.8 Å². The Bertz CT molecular complexity index is 766. The highest BCUT2D eigenvalue weighted by Crippen LogP contribution is 2.23. The number of likely N-dealkylation sites (N-methyl/N-ethyl adjacent to an activating group) is 1. The summed E-state index contributed by atoms with van der Waals surface area (Å²) >= 11 is 0. The number of halogens is 1. The standard InChI is InChI=1S/C26H42FN3O/c1-10-12-24(21(6)11-2)25(22(7)28-9)16-29-14-23(13-20(5)17-31)15-30-18-26(8,27)19(3)4/h10,12-13,15-17,19,28-29,31H,7,11,14,18H2,1-6,8-9H3/b12-10-,20-17+,23-13-,24-21-,25-16-,30-15-. The molecule has 0 spiro atoms. The van der Waals surface area contributed by atoms with Crippen molar-refractivity contribution in [2.24, 2.45) is 10.9 Å². The van der Waals surface area contributed by atoms with Crippen LogP contribution < -0.4 is 10.6 Å². The first-order chi connectivity index (χ1) is 14.5. The van der Waals surface area contributed by atoms with E-state index < -0.39 is 5.67 Å². The third-order valence-electron chi connectivity index (χ3n) is 5.27. The first-order valence-electron chi connectivity index (χ1n) is 10.9. The summed E-state index contributed by atoms with van der Waals surface area (Å²) in [4.78, 5) is 4.32. The second-order valence-electron chi connectivity index (χ2n) is 8.21. The van der Waals surface area contributed by atoms with Crippen LogP contribution in [0.1, 0.15) is 54.9 Å². The smallest absolute Gasteiger partial charge is 0.129 e. The molecule has 0 aromatic rings. The van der Waals surface area contributed by atoms with E-state index in [2.05, 4.69) is 42.1 Å². The average Bonchev–Trinajstić information content (AvgIpc) is 2.73. The molecule has 0 amide bonds. The van der Waals surface area contributed by atoms with Gasteiger partial charge in [0.15, 0.2) is 0 Å². The second kappa shape index (κ2) is 14.4. The van der Waals surface area contributed by atoms with Crippen molar-refractivity contribution in [3.8, 4) is 0 Å². The van der Waals surface area contributed by atoms with E-state index in [-0.39, 0.29) is 12.5 Å². The van der Waals surface area contributed by atoms with Crippen LogP contribution in [0.2, 0.25) is 0 Å². The van der Waals surface area contributed by atoms with Gasteiger partial charge in [0.2, 0.25) is 0 Å². The number of aliphatic hydroxyl groups excluding tert-OH is 1. The lowest BCUT2D eigenvalue weighted by Gasteiger charge is -2.22. The minimum Gasteiger partial charge on any atom is -0.515 e. The summed E-state index contributed by atoms with van der Waals surface area (Å²) in [6.07, 6.45) is 11.5. The van der Waals surface area contributed by atoms with Crippen LogP contribution in [0.15, 0.2) is 75.8 Å². The van der Waals surface area contributed by atoms with E-state index in [0.29, 0.717) is 12.1 Å². The maximum atomic E-state index is 14.5. The molecule has 0 aromatic heterocycles. The van der Waals surface area contributed by atoms with Crippen molar-refractivity contribution in [1.82, 2.24) is 10.6 Å². The number of alkyl halides is 1. The molecule has 0 saturated carbocycles. The highest BCUT2D eigenvalue weighted by molar-refractivity contribution is 5.80. The Labute approximate surface area is 189 Å². The largest absolute Gasteiger partial charge is 0.515 e. The van der Waals surface area contributed by atoms with E-state index in [1.165, 1.54) is 5.57 Å². The highest BCUT2D eigenvalue weighted by Gasteiger charge is 2.26. The lowest BCUT2D eigenvalue weighted by atomic mass is 9.95. The van der Waals surface area contributed by atoms with E-state index >= 15 is 0 Å². The molecular formula is C26H42FN3O. The van der Waals surface area contributed by atoms with Crippen molar-refractivity contribution in [3.63, 3.8) is 0 Å². The van der Waals surface area contributed by atoms with Crippen LogP contribution >= 0.6 is 0 Å². The number of nitrogens with one attached hydrogen (secondary N) is 2. The van der Waals surface area contributed by atoms with Gasteiger partial charge in [0.25, 0.3) is 0 Å². The number of hydrogen-bond donors (Lipinski definition) is 3. The van der Waals surface area contributed by atoms with Crippen molar-refractivity contribution in [1.29, 1.82) is 0 Å². The zero-order valence-electron chi connectivity index (χ0n) is 20.6. The van der Waals surface area contributed by atoms with Gasteiger partial charge in [-0.1, -0.05) is 45.1 Å². The molecule has 1 atom stereocenters. The van der Waals surface area contributed by atoms with Crippen molar-refractivity contribution in [3.05, 3.63) is 70.8 Å². The lowest BCUT2D eigenvalue weighted by Crippen LogP contribution is -2.29. The molecule has 0 rings (SSSR count). The van der Waals surface area contributed by atoms with E-state index in [4.69, 9.17) is 0 Å². The Morgan fingerprint density at radius 2 is 1.94 bits per heavy atom. The van der Waals surface area contributed by atoms with E-state index in [1.54, 1.807) is 20.1 Å². The summed E-state index contributed by atoms with van der Waals surface area (Å²) in [6, 6.07) is 0. The monoisotopic (exact) mass is 431 g/mol. The first-order valence-corrected chi connectivity index (χ1v) is 10.9. The third-order valence-corrected chi connectivity index (χ3v) is 5.27. The minimum atomic E-state index is -1.36. The van der Waals surface area contributed by atoms with Crippen molar-refractivity contribution in [2.45, 2.75) is 60.6 Å². The predicted molar refractivity (Wildman–Crippen MR) is 134 cm³/mol. The molecule has 0 saturated heterocycles. The minimum absolute atomic E-state index is 0.0887. The number of hydrogen-bond acceptors (Lipinski definition) is 4. The molecule has 1 unspecified atom stereocenters. The Balaban J connectivity index is 5.78. The molecule has 5 heteroatoms. The zero-order valence-corrected chi connectivity index (χ0v) is 20.6. The Hall–Kier alpha value is -2.56. The molecule has 31 heavy (non-hydrogen) atoms. The Morgan fingerprint density at radius 3 is 2.42 bits per heavy atom. The van der Waals surface area contributed by atoms with E-state index in [1.807, 2.05) is 46.2 Å². The summed E-state index contributed by atoms with van der Waals surface area (Å²) in [7, 11) is 1.85. The maximum absolute atomic E-state index is 14.5. The zero-order chi connectivity index (χ0) is 24.0. The van der Waals surface area contributed by atoms with Gasteiger partial charge in [0, 0.05) is 37.3 Å². The molecular weight excluding hydrogens is 389 g/mol. The van der Waals surface area contributed by atoms with Gasteiger partial charge < -0.3 is 15.7 Å². The molecule has 0 aliphatic heterocycles. The lowest BCUT2D eigenvalue weighted by molar-refractivity contribution is 0.135. The van der Waals surface area contributed by atoms with Crippen LogP contribution in [0, 0.1) is 5.92 Å². The van der Waals surface area contributed by atoms with Crippen LogP contribution in [-0.4, -0.2) is 37.1 Å². The fourth-order valence-corrected chi connectivity index (χ4v) is 2.54. The Kier molecular flexibility index (Phi) is 13.3. The van der Waals surface area contributed by atoms with Crippen LogP contribution in [-0.2, 0) is 0 Å². The van der Waals surface area contributed by atoms with Gasteiger partial charge in [-0.3, -0.25) is 4.99 Å². The van der Waals surface area contributed by atoms with Crippen molar-refractivity contribution in [2.75, 3.05) is 20.1 Å². The quantitative estimate of drug-likeness (QED) is 0.181. The maximum Gasteiger partial charge on any atom is 0.129 e. The molecule has 0 fully saturated rings. The molecule has 0 bridgehead atoms. The summed E-state index contributed by atoms with van der Waals surface area (Å²) in [6.45, 7) is 18.0. The summed E-state index contributed by atoms with van der Waals surface area (Å²) in [5.74, 6) is -0.119. The predicted octanol–water partition coefficient (Wildman–Crippen LogP) is 6.34. The number of allylic oxidation sites excluding steroid dienone is 6. The average molecular weight is 432 g/mol. The molecule has 0 heterocycles. The van der Waals surface area contributed by atoms with Crippen LogP contribution in [0.5, 0.6) is 0 Å². The fourth-order valence-electron chi connectivity index (χ4n) is 2.54. The van der Waals surface area contributed by atoms with Crippen LogP contribution in [0.3, 0.4) is 0 Å².